The molecule has 0 aromatic heterocycles. The van der Waals surface area contributed by atoms with Crippen LogP contribution in [0.25, 0.3) is 0 Å². The van der Waals surface area contributed by atoms with E-state index in [1.165, 1.54) is 16.7 Å². The molecule has 0 radical (unpaired) electrons. The summed E-state index contributed by atoms with van der Waals surface area (Å²) in [6, 6.07) is 14.9. The van der Waals surface area contributed by atoms with E-state index in [0.717, 1.165) is 11.3 Å². The van der Waals surface area contributed by atoms with Gasteiger partial charge in [0.1, 0.15) is 0 Å². The number of thioether (sulfide) groups is 1. The van der Waals surface area contributed by atoms with Gasteiger partial charge in [-0.05, 0) is 17.7 Å². The summed E-state index contributed by atoms with van der Waals surface area (Å²) in [5.41, 5.74) is 1.52. The minimum absolute atomic E-state index is 0.0632. The molecule has 0 heterocycles. The van der Waals surface area contributed by atoms with Gasteiger partial charge in [0, 0.05) is 12.8 Å². The van der Waals surface area contributed by atoms with Crippen molar-refractivity contribution in [3.63, 3.8) is 0 Å². The number of amides is 2. The van der Waals surface area contributed by atoms with Crippen LogP contribution >= 0.6 is 35.0 Å². The number of nitrogens with zero attached hydrogens (tertiary/aromatic N) is 1. The number of hydrogen-bond acceptors (Lipinski definition) is 3. The molecule has 2 aromatic rings. The van der Waals surface area contributed by atoms with Gasteiger partial charge in [-0.2, -0.15) is 0 Å². The number of carbonyl (C=O) groups excluding carboxylic acids is 2. The van der Waals surface area contributed by atoms with E-state index in [2.05, 4.69) is 5.32 Å². The Balaban J connectivity index is 1.79. The van der Waals surface area contributed by atoms with Crippen LogP contribution in [0, 0.1) is 0 Å². The molecule has 0 aliphatic rings. The van der Waals surface area contributed by atoms with Gasteiger partial charge in [-0.1, -0.05) is 59.6 Å². The average Bonchev–Trinajstić information content (AvgIpc) is 2.59. The lowest BCUT2D eigenvalue weighted by Gasteiger charge is -2.17. The lowest BCUT2D eigenvalue weighted by molar-refractivity contribution is -0.131. The van der Waals surface area contributed by atoms with Gasteiger partial charge >= 0.3 is 0 Å². The van der Waals surface area contributed by atoms with Crippen LogP contribution in [0.1, 0.15) is 5.56 Å². The summed E-state index contributed by atoms with van der Waals surface area (Å²) in [4.78, 5) is 25.6. The zero-order chi connectivity index (χ0) is 18.2. The standard InChI is InChI=1S/C18H18Cl2N2O2S/c1-22(17(24)12-25-11-13-6-3-2-4-7-13)10-16(23)21-18-14(19)8-5-9-15(18)20/h2-9H,10-12H2,1H3,(H,21,23). The molecular weight excluding hydrogens is 379 g/mol. The van der Waals surface area contributed by atoms with Crippen molar-refractivity contribution in [2.24, 2.45) is 0 Å². The van der Waals surface area contributed by atoms with Gasteiger partial charge in [-0.3, -0.25) is 9.59 Å². The Hall–Kier alpha value is -1.69. The number of likely N-dealkylation sites (N-methyl/N-ethyl adjacent to an activating group) is 1. The number of benzene rings is 2. The maximum absolute atomic E-state index is 12.1. The summed E-state index contributed by atoms with van der Waals surface area (Å²) in [7, 11) is 1.60. The third-order valence-corrected chi connectivity index (χ3v) is 4.99. The molecule has 2 amide bonds. The van der Waals surface area contributed by atoms with E-state index in [0.29, 0.717) is 21.5 Å². The summed E-state index contributed by atoms with van der Waals surface area (Å²) < 4.78 is 0. The summed E-state index contributed by atoms with van der Waals surface area (Å²) in [6.07, 6.45) is 0. The van der Waals surface area contributed by atoms with E-state index in [1.54, 1.807) is 25.2 Å². The van der Waals surface area contributed by atoms with Crippen LogP contribution in [0.5, 0.6) is 0 Å². The second-order valence-electron chi connectivity index (χ2n) is 5.37. The molecule has 0 saturated heterocycles. The van der Waals surface area contributed by atoms with Gasteiger partial charge in [0.05, 0.1) is 28.0 Å². The van der Waals surface area contributed by atoms with Crippen molar-refractivity contribution in [1.29, 1.82) is 0 Å². The van der Waals surface area contributed by atoms with E-state index < -0.39 is 0 Å². The van der Waals surface area contributed by atoms with Crippen LogP contribution in [-0.4, -0.2) is 36.1 Å². The van der Waals surface area contributed by atoms with Gasteiger partial charge < -0.3 is 10.2 Å². The Labute approximate surface area is 161 Å². The number of para-hydroxylation sites is 1. The van der Waals surface area contributed by atoms with Gasteiger partial charge in [0.15, 0.2) is 0 Å². The molecule has 0 atom stereocenters. The van der Waals surface area contributed by atoms with E-state index >= 15 is 0 Å². The Morgan fingerprint density at radius 1 is 1.04 bits per heavy atom. The van der Waals surface area contributed by atoms with Crippen molar-refractivity contribution in [2.45, 2.75) is 5.75 Å². The summed E-state index contributed by atoms with van der Waals surface area (Å²) in [6.45, 7) is -0.0632. The molecule has 0 fully saturated rings. The summed E-state index contributed by atoms with van der Waals surface area (Å²) in [5.74, 6) is 0.605. The van der Waals surface area contributed by atoms with Crippen molar-refractivity contribution in [3.05, 3.63) is 64.1 Å². The second-order valence-corrected chi connectivity index (χ2v) is 7.17. The first-order valence-corrected chi connectivity index (χ1v) is 9.48. The molecule has 0 bridgehead atoms. The first-order chi connectivity index (χ1) is 12.0. The van der Waals surface area contributed by atoms with Gasteiger partial charge in [-0.25, -0.2) is 0 Å². The van der Waals surface area contributed by atoms with Crippen molar-refractivity contribution in [1.82, 2.24) is 4.90 Å². The third kappa shape index (κ3) is 6.27. The Morgan fingerprint density at radius 3 is 2.32 bits per heavy atom. The van der Waals surface area contributed by atoms with Crippen molar-refractivity contribution < 1.29 is 9.59 Å². The highest BCUT2D eigenvalue weighted by Gasteiger charge is 2.15. The zero-order valence-electron chi connectivity index (χ0n) is 13.7. The number of carbonyl (C=O) groups is 2. The van der Waals surface area contributed by atoms with E-state index in [-0.39, 0.29) is 18.4 Å². The molecule has 25 heavy (non-hydrogen) atoms. The maximum atomic E-state index is 12.1. The molecule has 7 heteroatoms. The number of hydrogen-bond donors (Lipinski definition) is 1. The molecule has 0 saturated carbocycles. The van der Waals surface area contributed by atoms with Crippen LogP contribution in [0.3, 0.4) is 0 Å². The SMILES string of the molecule is CN(CC(=O)Nc1c(Cl)cccc1Cl)C(=O)CSCc1ccccc1. The fourth-order valence-corrected chi connectivity index (χ4v) is 3.46. The van der Waals surface area contributed by atoms with Gasteiger partial charge in [-0.15, -0.1) is 11.8 Å². The van der Waals surface area contributed by atoms with Crippen molar-refractivity contribution in [2.75, 3.05) is 24.7 Å². The highest BCUT2D eigenvalue weighted by molar-refractivity contribution is 7.99. The average molecular weight is 397 g/mol. The zero-order valence-corrected chi connectivity index (χ0v) is 16.0. The van der Waals surface area contributed by atoms with Gasteiger partial charge in [0.2, 0.25) is 11.8 Å². The number of nitrogens with one attached hydrogen (secondary N) is 1. The van der Waals surface area contributed by atoms with Crippen LogP contribution < -0.4 is 5.32 Å². The minimum Gasteiger partial charge on any atom is -0.336 e. The van der Waals surface area contributed by atoms with Crippen molar-refractivity contribution in [3.8, 4) is 0 Å². The molecule has 0 aliphatic heterocycles. The van der Waals surface area contributed by atoms with Crippen LogP contribution in [-0.2, 0) is 15.3 Å². The molecule has 1 N–H and O–H groups in total. The predicted octanol–water partition coefficient (Wildman–Crippen LogP) is 4.32. The molecule has 2 rings (SSSR count). The van der Waals surface area contributed by atoms with Gasteiger partial charge in [0.25, 0.3) is 0 Å². The third-order valence-electron chi connectivity index (χ3n) is 3.37. The predicted molar refractivity (Wildman–Crippen MR) is 105 cm³/mol. The Bertz CT molecular complexity index is 721. The first kappa shape index (κ1) is 19.6. The monoisotopic (exact) mass is 396 g/mol. The highest BCUT2D eigenvalue weighted by Crippen LogP contribution is 2.29. The molecule has 2 aromatic carbocycles. The number of halogens is 2. The highest BCUT2D eigenvalue weighted by atomic mass is 35.5. The summed E-state index contributed by atoms with van der Waals surface area (Å²) in [5, 5.41) is 3.35. The number of rotatable bonds is 7. The summed E-state index contributed by atoms with van der Waals surface area (Å²) >= 11 is 13.5. The fourth-order valence-electron chi connectivity index (χ4n) is 2.04. The topological polar surface area (TPSA) is 49.4 Å². The normalized spacial score (nSPS) is 10.4. The number of anilines is 1. The largest absolute Gasteiger partial charge is 0.336 e. The molecule has 0 aliphatic carbocycles. The van der Waals surface area contributed by atoms with E-state index in [9.17, 15) is 9.59 Å². The molecule has 0 unspecified atom stereocenters. The van der Waals surface area contributed by atoms with Crippen LogP contribution in [0.4, 0.5) is 5.69 Å². The lowest BCUT2D eigenvalue weighted by atomic mass is 10.2. The Morgan fingerprint density at radius 2 is 1.68 bits per heavy atom. The lowest BCUT2D eigenvalue weighted by Crippen LogP contribution is -2.36. The Kier molecular flexibility index (Phi) is 7.62. The fraction of sp³-hybridized carbons (Fsp3) is 0.222. The van der Waals surface area contributed by atoms with Crippen LogP contribution in [0.15, 0.2) is 48.5 Å². The quantitative estimate of drug-likeness (QED) is 0.757. The molecule has 0 spiro atoms. The smallest absolute Gasteiger partial charge is 0.244 e. The molecule has 132 valence electrons. The maximum Gasteiger partial charge on any atom is 0.244 e. The second kappa shape index (κ2) is 9.70. The van der Waals surface area contributed by atoms with E-state index in [4.69, 9.17) is 23.2 Å². The molecular formula is C18H18Cl2N2O2S. The van der Waals surface area contributed by atoms with Crippen molar-refractivity contribution >= 4 is 52.5 Å². The van der Waals surface area contributed by atoms with E-state index in [1.807, 2.05) is 30.3 Å². The van der Waals surface area contributed by atoms with Crippen LogP contribution in [0.2, 0.25) is 10.0 Å². The molecule has 4 nitrogen and oxygen atoms in total. The minimum atomic E-state index is -0.348. The first-order valence-electron chi connectivity index (χ1n) is 7.57.